The first kappa shape index (κ1) is 14.2. The van der Waals surface area contributed by atoms with Gasteiger partial charge in [0.05, 0.1) is 12.2 Å². The molecule has 0 saturated heterocycles. The number of hydrogen-bond acceptors (Lipinski definition) is 6. The van der Waals surface area contributed by atoms with Crippen LogP contribution in [0.5, 0.6) is 0 Å². The minimum atomic E-state index is -0.366. The number of pyridine rings is 1. The fourth-order valence-corrected chi connectivity index (χ4v) is 2.55. The minimum absolute atomic E-state index is 0.0852. The summed E-state index contributed by atoms with van der Waals surface area (Å²) in [5, 5.41) is 11.1. The van der Waals surface area contributed by atoms with Gasteiger partial charge in [0.25, 0.3) is 11.7 Å². The van der Waals surface area contributed by atoms with Gasteiger partial charge in [0.15, 0.2) is 5.65 Å². The molecule has 4 aromatic heterocycles. The van der Waals surface area contributed by atoms with Crippen LogP contribution in [-0.4, -0.2) is 40.1 Å². The van der Waals surface area contributed by atoms with Gasteiger partial charge in [0.2, 0.25) is 5.82 Å². The van der Waals surface area contributed by atoms with E-state index in [-0.39, 0.29) is 11.7 Å². The molecule has 4 aromatic rings. The first-order valence-corrected chi connectivity index (χ1v) is 7.39. The molecule has 1 amide bonds. The zero-order chi connectivity index (χ0) is 16.7. The Morgan fingerprint density at radius 2 is 2.08 bits per heavy atom. The van der Waals surface area contributed by atoms with Crippen molar-refractivity contribution in [3.63, 3.8) is 0 Å². The highest BCUT2D eigenvalue weighted by Gasteiger charge is 2.15. The van der Waals surface area contributed by atoms with Crippen molar-refractivity contribution in [2.45, 2.75) is 20.4 Å². The number of fused-ring (bicyclic) bond motifs is 2. The Balaban J connectivity index is 1.58. The lowest BCUT2D eigenvalue weighted by molar-refractivity contribution is 0.0940. The summed E-state index contributed by atoms with van der Waals surface area (Å²) in [6, 6.07) is 7.46. The molecule has 0 aliphatic heterocycles. The van der Waals surface area contributed by atoms with E-state index in [1.807, 2.05) is 38.1 Å². The standard InChI is InChI=1S/C15H14N8O/c1-9-6-10(2)22-15(19-9)20-13(21-22)14(24)16-7-11-4-3-5-12-17-8-18-23(11)12/h3-6,8H,7H2,1-2H3,(H,16,24). The van der Waals surface area contributed by atoms with Crippen LogP contribution in [0.4, 0.5) is 0 Å². The molecular formula is C15H14N8O. The van der Waals surface area contributed by atoms with E-state index in [2.05, 4.69) is 30.5 Å². The third kappa shape index (κ3) is 2.35. The van der Waals surface area contributed by atoms with Crippen LogP contribution in [0.3, 0.4) is 0 Å². The Morgan fingerprint density at radius 1 is 1.21 bits per heavy atom. The number of nitrogens with one attached hydrogen (secondary N) is 1. The van der Waals surface area contributed by atoms with E-state index in [1.54, 1.807) is 9.03 Å². The first-order chi connectivity index (χ1) is 11.6. The highest BCUT2D eigenvalue weighted by Crippen LogP contribution is 2.06. The number of aryl methyl sites for hydroxylation is 2. The molecule has 0 radical (unpaired) electrons. The van der Waals surface area contributed by atoms with Crippen LogP contribution >= 0.6 is 0 Å². The number of aromatic nitrogens is 7. The van der Waals surface area contributed by atoms with Crippen molar-refractivity contribution in [2.24, 2.45) is 0 Å². The summed E-state index contributed by atoms with van der Waals surface area (Å²) in [4.78, 5) is 24.9. The molecule has 1 N–H and O–H groups in total. The van der Waals surface area contributed by atoms with E-state index in [1.165, 1.54) is 6.33 Å². The topological polar surface area (TPSA) is 102 Å². The molecule has 0 aliphatic carbocycles. The fourth-order valence-electron chi connectivity index (χ4n) is 2.55. The molecule has 0 aliphatic rings. The third-order valence-corrected chi connectivity index (χ3v) is 3.63. The number of rotatable bonds is 3. The van der Waals surface area contributed by atoms with Crippen LogP contribution < -0.4 is 5.32 Å². The Bertz CT molecular complexity index is 1060. The van der Waals surface area contributed by atoms with E-state index in [9.17, 15) is 4.79 Å². The van der Waals surface area contributed by atoms with Crippen molar-refractivity contribution in [1.82, 2.24) is 39.5 Å². The molecule has 0 unspecified atom stereocenters. The molecule has 0 saturated carbocycles. The van der Waals surface area contributed by atoms with Gasteiger partial charge >= 0.3 is 0 Å². The fraction of sp³-hybridized carbons (Fsp3) is 0.200. The summed E-state index contributed by atoms with van der Waals surface area (Å²) in [6.45, 7) is 4.06. The van der Waals surface area contributed by atoms with Crippen LogP contribution in [0.1, 0.15) is 27.7 Å². The zero-order valence-electron chi connectivity index (χ0n) is 13.1. The van der Waals surface area contributed by atoms with Crippen molar-refractivity contribution < 1.29 is 4.79 Å². The number of hydrogen-bond donors (Lipinski definition) is 1. The maximum atomic E-state index is 12.3. The summed E-state index contributed by atoms with van der Waals surface area (Å²) in [5.41, 5.74) is 3.24. The highest BCUT2D eigenvalue weighted by atomic mass is 16.2. The molecular weight excluding hydrogens is 308 g/mol. The Labute approximate surface area is 136 Å². The number of nitrogens with zero attached hydrogens (tertiary/aromatic N) is 7. The SMILES string of the molecule is Cc1cc(C)n2nc(C(=O)NCc3cccc4ncnn34)nc2n1. The second kappa shape index (κ2) is 5.37. The van der Waals surface area contributed by atoms with Crippen LogP contribution in [0, 0.1) is 13.8 Å². The van der Waals surface area contributed by atoms with Crippen molar-refractivity contribution in [3.05, 3.63) is 53.5 Å². The van der Waals surface area contributed by atoms with E-state index in [0.717, 1.165) is 22.7 Å². The van der Waals surface area contributed by atoms with Crippen molar-refractivity contribution in [1.29, 1.82) is 0 Å². The molecule has 9 nitrogen and oxygen atoms in total. The van der Waals surface area contributed by atoms with Gasteiger partial charge in [-0.2, -0.15) is 10.1 Å². The molecule has 9 heteroatoms. The van der Waals surface area contributed by atoms with Gasteiger partial charge in [-0.25, -0.2) is 19.0 Å². The summed E-state index contributed by atoms with van der Waals surface area (Å²) >= 11 is 0. The summed E-state index contributed by atoms with van der Waals surface area (Å²) in [6.07, 6.45) is 1.47. The predicted octanol–water partition coefficient (Wildman–Crippen LogP) is 0.714. The Morgan fingerprint density at radius 3 is 2.96 bits per heavy atom. The monoisotopic (exact) mass is 322 g/mol. The van der Waals surface area contributed by atoms with E-state index < -0.39 is 0 Å². The van der Waals surface area contributed by atoms with Crippen molar-refractivity contribution in [2.75, 3.05) is 0 Å². The third-order valence-electron chi connectivity index (χ3n) is 3.63. The van der Waals surface area contributed by atoms with E-state index in [4.69, 9.17) is 0 Å². The summed E-state index contributed by atoms with van der Waals surface area (Å²) < 4.78 is 3.23. The van der Waals surface area contributed by atoms with Gasteiger partial charge < -0.3 is 5.32 Å². The van der Waals surface area contributed by atoms with E-state index >= 15 is 0 Å². The normalized spacial score (nSPS) is 11.2. The highest BCUT2D eigenvalue weighted by molar-refractivity contribution is 5.90. The number of carbonyl (C=O) groups excluding carboxylic acids is 1. The maximum Gasteiger partial charge on any atom is 0.291 e. The lowest BCUT2D eigenvalue weighted by atomic mass is 10.3. The largest absolute Gasteiger partial charge is 0.344 e. The van der Waals surface area contributed by atoms with Gasteiger partial charge in [0, 0.05) is 11.4 Å². The van der Waals surface area contributed by atoms with Gasteiger partial charge in [0.1, 0.15) is 6.33 Å². The van der Waals surface area contributed by atoms with Crippen LogP contribution in [0.25, 0.3) is 11.4 Å². The molecule has 24 heavy (non-hydrogen) atoms. The van der Waals surface area contributed by atoms with Gasteiger partial charge in [-0.3, -0.25) is 4.79 Å². The minimum Gasteiger partial charge on any atom is -0.344 e. The Hall–Kier alpha value is -3.36. The molecule has 4 rings (SSSR count). The van der Waals surface area contributed by atoms with Crippen LogP contribution in [0.15, 0.2) is 30.6 Å². The molecule has 0 spiro atoms. The molecule has 0 atom stereocenters. The number of carbonyl (C=O) groups is 1. The van der Waals surface area contributed by atoms with Crippen molar-refractivity contribution >= 4 is 17.3 Å². The van der Waals surface area contributed by atoms with Crippen LogP contribution in [0.2, 0.25) is 0 Å². The van der Waals surface area contributed by atoms with Gasteiger partial charge in [-0.1, -0.05) is 6.07 Å². The lowest BCUT2D eigenvalue weighted by Crippen LogP contribution is -2.25. The van der Waals surface area contributed by atoms with Gasteiger partial charge in [-0.15, -0.1) is 5.10 Å². The zero-order valence-corrected chi connectivity index (χ0v) is 13.1. The predicted molar refractivity (Wildman–Crippen MR) is 84.4 cm³/mol. The number of amides is 1. The average molecular weight is 322 g/mol. The molecule has 0 fully saturated rings. The smallest absolute Gasteiger partial charge is 0.291 e. The molecule has 120 valence electrons. The average Bonchev–Trinajstić information content (AvgIpc) is 3.19. The summed E-state index contributed by atoms with van der Waals surface area (Å²) in [5.74, 6) is 0.132. The summed E-state index contributed by atoms with van der Waals surface area (Å²) in [7, 11) is 0. The van der Waals surface area contributed by atoms with E-state index in [0.29, 0.717) is 12.3 Å². The molecule has 0 bridgehead atoms. The van der Waals surface area contributed by atoms with Crippen molar-refractivity contribution in [3.8, 4) is 0 Å². The second-order valence-electron chi connectivity index (χ2n) is 5.42. The second-order valence-corrected chi connectivity index (χ2v) is 5.42. The molecule has 0 aromatic carbocycles. The first-order valence-electron chi connectivity index (χ1n) is 7.39. The van der Waals surface area contributed by atoms with Crippen LogP contribution in [-0.2, 0) is 6.54 Å². The lowest BCUT2D eigenvalue weighted by Gasteiger charge is -2.04. The molecule has 4 heterocycles. The maximum absolute atomic E-state index is 12.3. The Kier molecular flexibility index (Phi) is 3.19. The van der Waals surface area contributed by atoms with Gasteiger partial charge in [-0.05, 0) is 32.0 Å². The quantitative estimate of drug-likeness (QED) is 0.596.